The number of nitrogens with one attached hydrogen (secondary N) is 1. The van der Waals surface area contributed by atoms with Crippen LogP contribution in [0.25, 0.3) is 0 Å². The molecule has 0 aliphatic carbocycles. The average Bonchev–Trinajstić information content (AvgIpc) is 3.19. The molecule has 5 nitrogen and oxygen atoms in total. The van der Waals surface area contributed by atoms with E-state index in [4.69, 9.17) is 20.8 Å². The van der Waals surface area contributed by atoms with Gasteiger partial charge in [-0.05, 0) is 50.2 Å². The molecule has 1 N–H and O–H groups in total. The number of carbonyl (C=O) groups excluding carboxylic acids is 1. The largest absolute Gasteiger partial charge is 0.495 e. The number of rotatable bonds is 5. The molecule has 25 heavy (non-hydrogen) atoms. The van der Waals surface area contributed by atoms with E-state index >= 15 is 0 Å². The molecule has 0 saturated heterocycles. The second-order valence-electron chi connectivity index (χ2n) is 5.75. The van der Waals surface area contributed by atoms with Crippen molar-refractivity contribution in [3.05, 3.63) is 70.4 Å². The van der Waals surface area contributed by atoms with Crippen LogP contribution in [-0.4, -0.2) is 17.6 Å². The lowest BCUT2D eigenvalue weighted by Crippen LogP contribution is -2.13. The van der Waals surface area contributed by atoms with Gasteiger partial charge in [0.25, 0.3) is 5.91 Å². The van der Waals surface area contributed by atoms with Gasteiger partial charge in [-0.3, -0.25) is 4.79 Å². The Kier molecular flexibility index (Phi) is 4.86. The fourth-order valence-electron chi connectivity index (χ4n) is 2.78. The number of aromatic nitrogens is 1. The van der Waals surface area contributed by atoms with E-state index in [0.29, 0.717) is 28.6 Å². The number of anilines is 1. The van der Waals surface area contributed by atoms with Gasteiger partial charge in [0.2, 0.25) is 0 Å². The van der Waals surface area contributed by atoms with Gasteiger partial charge in [0.15, 0.2) is 0 Å². The summed E-state index contributed by atoms with van der Waals surface area (Å²) in [5.41, 5.74) is 3.11. The van der Waals surface area contributed by atoms with Crippen molar-refractivity contribution in [1.82, 2.24) is 4.57 Å². The van der Waals surface area contributed by atoms with Crippen molar-refractivity contribution < 1.29 is 13.9 Å². The number of aryl methyl sites for hydroxylation is 1. The van der Waals surface area contributed by atoms with Gasteiger partial charge in [0, 0.05) is 17.1 Å². The molecule has 130 valence electrons. The fraction of sp³-hybridized carbons (Fsp3) is 0.211. The lowest BCUT2D eigenvalue weighted by atomic mass is 10.2. The minimum absolute atomic E-state index is 0.181. The van der Waals surface area contributed by atoms with Gasteiger partial charge in [0.1, 0.15) is 11.5 Å². The summed E-state index contributed by atoms with van der Waals surface area (Å²) in [5, 5.41) is 3.32. The Balaban J connectivity index is 1.82. The highest BCUT2D eigenvalue weighted by Gasteiger charge is 2.17. The number of nitrogens with zero attached hydrogens (tertiary/aromatic N) is 1. The van der Waals surface area contributed by atoms with Crippen molar-refractivity contribution in [3.8, 4) is 5.75 Å². The van der Waals surface area contributed by atoms with E-state index in [0.717, 1.165) is 17.1 Å². The number of hydrogen-bond acceptors (Lipinski definition) is 3. The minimum atomic E-state index is -0.181. The fourth-order valence-corrected chi connectivity index (χ4v) is 3.03. The molecule has 0 fully saturated rings. The number of amides is 1. The van der Waals surface area contributed by atoms with E-state index in [9.17, 15) is 4.79 Å². The number of halogens is 1. The molecule has 0 aliphatic rings. The number of benzene rings is 1. The van der Waals surface area contributed by atoms with Gasteiger partial charge < -0.3 is 19.0 Å². The molecule has 3 rings (SSSR count). The molecule has 3 aromatic rings. The zero-order valence-electron chi connectivity index (χ0n) is 14.3. The van der Waals surface area contributed by atoms with E-state index < -0.39 is 0 Å². The third-order valence-corrected chi connectivity index (χ3v) is 4.42. The van der Waals surface area contributed by atoms with Crippen LogP contribution in [0.1, 0.15) is 27.5 Å². The Morgan fingerprint density at radius 3 is 2.72 bits per heavy atom. The zero-order chi connectivity index (χ0) is 18.0. The van der Waals surface area contributed by atoms with Crippen LogP contribution in [0.2, 0.25) is 5.02 Å². The van der Waals surface area contributed by atoms with Crippen LogP contribution in [-0.2, 0) is 6.54 Å². The lowest BCUT2D eigenvalue weighted by Gasteiger charge is -2.09. The molecule has 1 aromatic carbocycles. The number of hydrogen-bond donors (Lipinski definition) is 1. The zero-order valence-corrected chi connectivity index (χ0v) is 15.1. The summed E-state index contributed by atoms with van der Waals surface area (Å²) in [6, 6.07) is 10.8. The van der Waals surface area contributed by atoms with Crippen LogP contribution in [0, 0.1) is 13.8 Å². The third-order valence-electron chi connectivity index (χ3n) is 4.12. The first kappa shape index (κ1) is 17.2. The molecule has 0 spiro atoms. The molecule has 0 atom stereocenters. The van der Waals surface area contributed by atoms with Gasteiger partial charge in [-0.15, -0.1) is 0 Å². The van der Waals surface area contributed by atoms with Crippen LogP contribution < -0.4 is 10.1 Å². The van der Waals surface area contributed by atoms with E-state index in [1.165, 1.54) is 0 Å². The number of ether oxygens (including phenoxy) is 1. The first-order chi connectivity index (χ1) is 12.0. The predicted molar refractivity (Wildman–Crippen MR) is 97.7 cm³/mol. The van der Waals surface area contributed by atoms with Crippen molar-refractivity contribution in [3.63, 3.8) is 0 Å². The van der Waals surface area contributed by atoms with Crippen molar-refractivity contribution in [1.29, 1.82) is 0 Å². The van der Waals surface area contributed by atoms with Crippen molar-refractivity contribution in [2.75, 3.05) is 12.4 Å². The monoisotopic (exact) mass is 358 g/mol. The van der Waals surface area contributed by atoms with E-state index in [1.807, 2.05) is 32.0 Å². The van der Waals surface area contributed by atoms with Crippen LogP contribution >= 0.6 is 11.6 Å². The average molecular weight is 359 g/mol. The summed E-state index contributed by atoms with van der Waals surface area (Å²) in [6.07, 6.45) is 1.64. The topological polar surface area (TPSA) is 56.4 Å². The second-order valence-corrected chi connectivity index (χ2v) is 6.16. The summed E-state index contributed by atoms with van der Waals surface area (Å²) in [6.45, 7) is 4.48. The normalized spacial score (nSPS) is 10.7. The van der Waals surface area contributed by atoms with Gasteiger partial charge >= 0.3 is 0 Å². The smallest absolute Gasteiger partial charge is 0.257 e. The molecule has 6 heteroatoms. The first-order valence-corrected chi connectivity index (χ1v) is 8.21. The Morgan fingerprint density at radius 1 is 1.28 bits per heavy atom. The highest BCUT2D eigenvalue weighted by atomic mass is 35.5. The number of carbonyl (C=O) groups is 1. The maximum atomic E-state index is 12.6. The Labute approximate surface area is 151 Å². The molecular formula is C19H19ClN2O3. The Morgan fingerprint density at radius 2 is 2.08 bits per heavy atom. The SMILES string of the molecule is COc1ccc(NC(=O)c2cc(C)n(Cc3ccco3)c2C)cc1Cl. The molecule has 0 bridgehead atoms. The number of methoxy groups -OCH3 is 1. The summed E-state index contributed by atoms with van der Waals surface area (Å²) >= 11 is 6.11. The number of furan rings is 1. The molecule has 2 heterocycles. The van der Waals surface area contributed by atoms with Gasteiger partial charge in [-0.1, -0.05) is 11.6 Å². The van der Waals surface area contributed by atoms with Crippen molar-refractivity contribution >= 4 is 23.2 Å². The summed E-state index contributed by atoms with van der Waals surface area (Å²) in [5.74, 6) is 1.23. The Hall–Kier alpha value is -2.66. The highest BCUT2D eigenvalue weighted by Crippen LogP contribution is 2.28. The van der Waals surface area contributed by atoms with Crippen LogP contribution in [0.15, 0.2) is 47.1 Å². The minimum Gasteiger partial charge on any atom is -0.495 e. The van der Waals surface area contributed by atoms with Gasteiger partial charge in [-0.25, -0.2) is 0 Å². The second kappa shape index (κ2) is 7.07. The maximum absolute atomic E-state index is 12.6. The predicted octanol–water partition coefficient (Wildman–Crippen LogP) is 4.66. The molecular weight excluding hydrogens is 340 g/mol. The first-order valence-electron chi connectivity index (χ1n) is 7.83. The van der Waals surface area contributed by atoms with Crippen LogP contribution in [0.3, 0.4) is 0 Å². The molecule has 0 aliphatic heterocycles. The van der Waals surface area contributed by atoms with Gasteiger partial charge in [0.05, 0.1) is 30.5 Å². The quantitative estimate of drug-likeness (QED) is 0.721. The van der Waals surface area contributed by atoms with E-state index in [2.05, 4.69) is 9.88 Å². The maximum Gasteiger partial charge on any atom is 0.257 e. The molecule has 2 aromatic heterocycles. The van der Waals surface area contributed by atoms with E-state index in [-0.39, 0.29) is 5.91 Å². The van der Waals surface area contributed by atoms with Crippen LogP contribution in [0.5, 0.6) is 5.75 Å². The van der Waals surface area contributed by atoms with Crippen molar-refractivity contribution in [2.24, 2.45) is 0 Å². The summed E-state index contributed by atoms with van der Waals surface area (Å²) in [7, 11) is 1.55. The van der Waals surface area contributed by atoms with Gasteiger partial charge in [-0.2, -0.15) is 0 Å². The summed E-state index contributed by atoms with van der Waals surface area (Å²) < 4.78 is 12.6. The lowest BCUT2D eigenvalue weighted by molar-refractivity contribution is 0.102. The molecule has 1 amide bonds. The standard InChI is InChI=1S/C19H19ClN2O3/c1-12-9-16(13(2)22(12)11-15-5-4-8-25-15)19(23)21-14-6-7-18(24-3)17(20)10-14/h4-10H,11H2,1-3H3,(H,21,23). The van der Waals surface area contributed by atoms with Crippen molar-refractivity contribution in [2.45, 2.75) is 20.4 Å². The molecule has 0 saturated carbocycles. The summed E-state index contributed by atoms with van der Waals surface area (Å²) in [4.78, 5) is 12.6. The van der Waals surface area contributed by atoms with Crippen LogP contribution in [0.4, 0.5) is 5.69 Å². The van der Waals surface area contributed by atoms with E-state index in [1.54, 1.807) is 31.6 Å². The third kappa shape index (κ3) is 3.56. The molecule has 0 radical (unpaired) electrons. The molecule has 0 unspecified atom stereocenters. The highest BCUT2D eigenvalue weighted by molar-refractivity contribution is 6.32. The Bertz CT molecular complexity index is 898.